The number of rotatable bonds is 4. The van der Waals surface area contributed by atoms with Crippen LogP contribution in [-0.2, 0) is 6.54 Å². The van der Waals surface area contributed by atoms with Gasteiger partial charge < -0.3 is 5.32 Å². The second-order valence-electron chi connectivity index (χ2n) is 5.66. The van der Waals surface area contributed by atoms with Crippen molar-refractivity contribution >= 4 is 10.9 Å². The number of nitrogens with zero attached hydrogens (tertiary/aromatic N) is 2. The van der Waals surface area contributed by atoms with E-state index in [1.54, 1.807) is 0 Å². The van der Waals surface area contributed by atoms with E-state index in [2.05, 4.69) is 46.4 Å². The average molecular weight is 269 g/mol. The summed E-state index contributed by atoms with van der Waals surface area (Å²) in [4.78, 5) is 6.95. The number of hydrogen-bond donors (Lipinski definition) is 1. The van der Waals surface area contributed by atoms with Gasteiger partial charge in [-0.25, -0.2) is 0 Å². The summed E-state index contributed by atoms with van der Waals surface area (Å²) < 4.78 is 0. The Balaban J connectivity index is 1.69. The van der Waals surface area contributed by atoms with Crippen LogP contribution in [0.3, 0.4) is 0 Å². The Morgan fingerprint density at radius 2 is 2.30 bits per heavy atom. The Kier molecular flexibility index (Phi) is 4.28. The van der Waals surface area contributed by atoms with Crippen LogP contribution in [0.5, 0.6) is 0 Å². The SMILES string of the molecule is CCNC1CCCN(Cc2ccc3ncccc3c2)C1. The van der Waals surface area contributed by atoms with E-state index in [9.17, 15) is 0 Å². The van der Waals surface area contributed by atoms with Crippen LogP contribution in [0.25, 0.3) is 10.9 Å². The van der Waals surface area contributed by atoms with Gasteiger partial charge in [-0.3, -0.25) is 9.88 Å². The van der Waals surface area contributed by atoms with Gasteiger partial charge in [0.15, 0.2) is 0 Å². The first-order chi connectivity index (χ1) is 9.85. The molecule has 3 heteroatoms. The number of likely N-dealkylation sites (tertiary alicyclic amines) is 1. The zero-order chi connectivity index (χ0) is 13.8. The van der Waals surface area contributed by atoms with Gasteiger partial charge in [-0.2, -0.15) is 0 Å². The largest absolute Gasteiger partial charge is 0.313 e. The second-order valence-corrected chi connectivity index (χ2v) is 5.66. The predicted molar refractivity (Wildman–Crippen MR) is 83.7 cm³/mol. The molecular weight excluding hydrogens is 246 g/mol. The molecule has 0 amide bonds. The molecule has 3 nitrogen and oxygen atoms in total. The van der Waals surface area contributed by atoms with Crippen LogP contribution in [0.2, 0.25) is 0 Å². The van der Waals surface area contributed by atoms with E-state index in [1.165, 1.54) is 36.9 Å². The smallest absolute Gasteiger partial charge is 0.0702 e. The van der Waals surface area contributed by atoms with E-state index in [-0.39, 0.29) is 0 Å². The maximum absolute atomic E-state index is 4.38. The third kappa shape index (κ3) is 3.17. The third-order valence-electron chi connectivity index (χ3n) is 4.07. The Morgan fingerprint density at radius 3 is 3.20 bits per heavy atom. The predicted octanol–water partition coefficient (Wildman–Crippen LogP) is 2.81. The van der Waals surface area contributed by atoms with Crippen LogP contribution < -0.4 is 5.32 Å². The zero-order valence-corrected chi connectivity index (χ0v) is 12.2. The number of piperidine rings is 1. The van der Waals surface area contributed by atoms with Crippen molar-refractivity contribution in [2.75, 3.05) is 19.6 Å². The van der Waals surface area contributed by atoms with E-state index in [0.717, 1.165) is 18.6 Å². The Morgan fingerprint density at radius 1 is 1.35 bits per heavy atom. The summed E-state index contributed by atoms with van der Waals surface area (Å²) in [6.07, 6.45) is 4.46. The number of likely N-dealkylation sites (N-methyl/N-ethyl adjacent to an activating group) is 1. The van der Waals surface area contributed by atoms with Gasteiger partial charge in [0.05, 0.1) is 5.52 Å². The summed E-state index contributed by atoms with van der Waals surface area (Å²) in [6.45, 7) is 6.69. The number of pyridine rings is 1. The van der Waals surface area contributed by atoms with Crippen LogP contribution in [0.4, 0.5) is 0 Å². The van der Waals surface area contributed by atoms with Gasteiger partial charge >= 0.3 is 0 Å². The van der Waals surface area contributed by atoms with Gasteiger partial charge in [0, 0.05) is 30.7 Å². The van der Waals surface area contributed by atoms with Gasteiger partial charge in [0.1, 0.15) is 0 Å². The van der Waals surface area contributed by atoms with Crippen LogP contribution in [-0.4, -0.2) is 35.6 Å². The molecule has 0 bridgehead atoms. The lowest BCUT2D eigenvalue weighted by Crippen LogP contribution is -2.45. The lowest BCUT2D eigenvalue weighted by atomic mass is 10.0. The summed E-state index contributed by atoms with van der Waals surface area (Å²) in [5, 5.41) is 4.82. The van der Waals surface area contributed by atoms with E-state index in [4.69, 9.17) is 0 Å². The zero-order valence-electron chi connectivity index (χ0n) is 12.2. The molecule has 0 saturated carbocycles. The van der Waals surface area contributed by atoms with E-state index in [0.29, 0.717) is 6.04 Å². The molecule has 1 aromatic heterocycles. The summed E-state index contributed by atoms with van der Waals surface area (Å²) in [6, 6.07) is 11.4. The van der Waals surface area contributed by atoms with Gasteiger partial charge in [0.2, 0.25) is 0 Å². The molecule has 1 saturated heterocycles. The highest BCUT2D eigenvalue weighted by atomic mass is 15.2. The lowest BCUT2D eigenvalue weighted by molar-refractivity contribution is 0.185. The van der Waals surface area contributed by atoms with Crippen LogP contribution >= 0.6 is 0 Å². The average Bonchev–Trinajstić information content (AvgIpc) is 2.48. The van der Waals surface area contributed by atoms with Crippen molar-refractivity contribution in [3.63, 3.8) is 0 Å². The topological polar surface area (TPSA) is 28.2 Å². The van der Waals surface area contributed by atoms with E-state index in [1.807, 2.05) is 12.3 Å². The maximum Gasteiger partial charge on any atom is 0.0702 e. The quantitative estimate of drug-likeness (QED) is 0.925. The molecule has 0 aliphatic carbocycles. The molecule has 3 rings (SSSR count). The van der Waals surface area contributed by atoms with Crippen molar-refractivity contribution in [2.45, 2.75) is 32.4 Å². The Bertz CT molecular complexity index is 565. The number of aromatic nitrogens is 1. The molecule has 20 heavy (non-hydrogen) atoms. The highest BCUT2D eigenvalue weighted by Gasteiger charge is 2.18. The minimum absolute atomic E-state index is 0.663. The molecule has 1 fully saturated rings. The van der Waals surface area contributed by atoms with Crippen LogP contribution in [0, 0.1) is 0 Å². The van der Waals surface area contributed by atoms with Crippen molar-refractivity contribution in [3.05, 3.63) is 42.1 Å². The highest BCUT2D eigenvalue weighted by Crippen LogP contribution is 2.17. The molecule has 1 N–H and O–H groups in total. The first kappa shape index (κ1) is 13.5. The van der Waals surface area contributed by atoms with Crippen LogP contribution in [0.15, 0.2) is 36.5 Å². The first-order valence-electron chi connectivity index (χ1n) is 7.64. The Labute approximate surface area is 121 Å². The van der Waals surface area contributed by atoms with Crippen molar-refractivity contribution in [1.29, 1.82) is 0 Å². The monoisotopic (exact) mass is 269 g/mol. The van der Waals surface area contributed by atoms with Gasteiger partial charge in [-0.1, -0.05) is 19.1 Å². The Hall–Kier alpha value is -1.45. The molecule has 1 aliphatic heterocycles. The van der Waals surface area contributed by atoms with E-state index >= 15 is 0 Å². The number of benzene rings is 1. The number of hydrogen-bond acceptors (Lipinski definition) is 3. The molecule has 0 radical (unpaired) electrons. The molecule has 1 aromatic carbocycles. The fraction of sp³-hybridized carbons (Fsp3) is 0.471. The van der Waals surface area contributed by atoms with Crippen molar-refractivity contribution in [1.82, 2.24) is 15.2 Å². The molecule has 106 valence electrons. The number of fused-ring (bicyclic) bond motifs is 1. The lowest BCUT2D eigenvalue weighted by Gasteiger charge is -2.33. The summed E-state index contributed by atoms with van der Waals surface area (Å²) in [5.41, 5.74) is 2.48. The van der Waals surface area contributed by atoms with E-state index < -0.39 is 0 Å². The molecule has 2 heterocycles. The van der Waals surface area contributed by atoms with Crippen LogP contribution in [0.1, 0.15) is 25.3 Å². The minimum Gasteiger partial charge on any atom is -0.313 e. The summed E-state index contributed by atoms with van der Waals surface area (Å²) in [5.74, 6) is 0. The standard InChI is InChI=1S/C17H23N3/c1-2-18-16-6-4-10-20(13-16)12-14-7-8-17-15(11-14)5-3-9-19-17/h3,5,7-9,11,16,18H,2,4,6,10,12-13H2,1H3. The van der Waals surface area contributed by atoms with Crippen molar-refractivity contribution in [3.8, 4) is 0 Å². The molecule has 1 atom stereocenters. The second kappa shape index (κ2) is 6.33. The molecule has 1 aliphatic rings. The molecular formula is C17H23N3. The molecule has 2 aromatic rings. The normalized spacial score (nSPS) is 20.4. The maximum atomic E-state index is 4.38. The van der Waals surface area contributed by atoms with Crippen molar-refractivity contribution < 1.29 is 0 Å². The fourth-order valence-electron chi connectivity index (χ4n) is 3.14. The fourth-order valence-corrected chi connectivity index (χ4v) is 3.14. The minimum atomic E-state index is 0.663. The first-order valence-corrected chi connectivity index (χ1v) is 7.64. The van der Waals surface area contributed by atoms with Crippen molar-refractivity contribution in [2.24, 2.45) is 0 Å². The highest BCUT2D eigenvalue weighted by molar-refractivity contribution is 5.78. The summed E-state index contributed by atoms with van der Waals surface area (Å²) in [7, 11) is 0. The molecule has 1 unspecified atom stereocenters. The summed E-state index contributed by atoms with van der Waals surface area (Å²) >= 11 is 0. The van der Waals surface area contributed by atoms with Gasteiger partial charge in [-0.15, -0.1) is 0 Å². The molecule has 0 spiro atoms. The van der Waals surface area contributed by atoms with Gasteiger partial charge in [-0.05, 0) is 49.7 Å². The van der Waals surface area contributed by atoms with Gasteiger partial charge in [0.25, 0.3) is 0 Å². The third-order valence-corrected chi connectivity index (χ3v) is 4.07. The number of nitrogens with one attached hydrogen (secondary N) is 1.